The monoisotopic (exact) mass is 347 g/mol. The Bertz CT molecular complexity index is 667. The number of benzene rings is 1. The fourth-order valence-electron chi connectivity index (χ4n) is 2.91. The lowest BCUT2D eigenvalue weighted by Gasteiger charge is -2.37. The average molecular weight is 348 g/mol. The van der Waals surface area contributed by atoms with Crippen molar-refractivity contribution in [2.75, 3.05) is 31.5 Å². The number of hydrogen-bond acceptors (Lipinski definition) is 4. The second-order valence-corrected chi connectivity index (χ2v) is 6.50. The number of halogens is 1. The molecule has 3 rings (SSSR count). The Morgan fingerprint density at radius 2 is 2.04 bits per heavy atom. The minimum Gasteiger partial charge on any atom is -0.468 e. The van der Waals surface area contributed by atoms with Gasteiger partial charge in [0.1, 0.15) is 5.76 Å². The van der Waals surface area contributed by atoms with E-state index in [2.05, 4.69) is 15.1 Å². The second-order valence-electron chi connectivity index (χ2n) is 6.07. The van der Waals surface area contributed by atoms with Crippen LogP contribution in [0.15, 0.2) is 47.1 Å². The van der Waals surface area contributed by atoms with Crippen LogP contribution in [0, 0.1) is 0 Å². The first-order valence-electron chi connectivity index (χ1n) is 8.17. The number of carbonyl (C=O) groups is 1. The van der Waals surface area contributed by atoms with E-state index in [0.717, 1.165) is 44.2 Å². The number of nitrogens with one attached hydrogen (secondary N) is 1. The standard InChI is InChI=1S/C18H22ClN3O2/c1-14(18(23)20-16-5-2-4-15(19)12-16)22-9-7-21(8-10-22)13-17-6-3-11-24-17/h2-6,11-12,14H,7-10,13H2,1H3,(H,20,23)/t14-/m1/s1. The average Bonchev–Trinajstić information content (AvgIpc) is 3.08. The van der Waals surface area contributed by atoms with Crippen molar-refractivity contribution < 1.29 is 9.21 Å². The highest BCUT2D eigenvalue weighted by molar-refractivity contribution is 6.30. The summed E-state index contributed by atoms with van der Waals surface area (Å²) in [4.78, 5) is 17.0. The topological polar surface area (TPSA) is 48.7 Å². The summed E-state index contributed by atoms with van der Waals surface area (Å²) in [6.45, 7) is 6.35. The first-order chi connectivity index (χ1) is 11.6. The van der Waals surface area contributed by atoms with Gasteiger partial charge in [0, 0.05) is 36.9 Å². The van der Waals surface area contributed by atoms with Gasteiger partial charge in [0.2, 0.25) is 5.91 Å². The molecule has 2 heterocycles. The Balaban J connectivity index is 1.49. The van der Waals surface area contributed by atoms with Gasteiger partial charge < -0.3 is 9.73 Å². The van der Waals surface area contributed by atoms with Crippen molar-refractivity contribution in [2.24, 2.45) is 0 Å². The smallest absolute Gasteiger partial charge is 0.241 e. The van der Waals surface area contributed by atoms with Gasteiger partial charge in [0.25, 0.3) is 0 Å². The highest BCUT2D eigenvalue weighted by Crippen LogP contribution is 2.16. The van der Waals surface area contributed by atoms with Gasteiger partial charge in [-0.1, -0.05) is 17.7 Å². The van der Waals surface area contributed by atoms with E-state index in [1.54, 1.807) is 18.4 Å². The van der Waals surface area contributed by atoms with Gasteiger partial charge in [0.15, 0.2) is 0 Å². The van der Waals surface area contributed by atoms with Crippen LogP contribution >= 0.6 is 11.6 Å². The maximum absolute atomic E-state index is 12.4. The van der Waals surface area contributed by atoms with Crippen molar-refractivity contribution >= 4 is 23.2 Å². The molecule has 1 aliphatic heterocycles. The van der Waals surface area contributed by atoms with Crippen LogP contribution < -0.4 is 5.32 Å². The SMILES string of the molecule is C[C@H](C(=O)Nc1cccc(Cl)c1)N1CCN(Cc2ccco2)CC1. The van der Waals surface area contributed by atoms with Gasteiger partial charge in [0.05, 0.1) is 18.8 Å². The lowest BCUT2D eigenvalue weighted by atomic mass is 10.2. The Morgan fingerprint density at radius 3 is 2.71 bits per heavy atom. The van der Waals surface area contributed by atoms with Gasteiger partial charge in [-0.15, -0.1) is 0 Å². The number of piperazine rings is 1. The number of hydrogen-bond donors (Lipinski definition) is 1. The molecule has 0 bridgehead atoms. The largest absolute Gasteiger partial charge is 0.468 e. The third-order valence-electron chi connectivity index (χ3n) is 4.39. The summed E-state index contributed by atoms with van der Waals surface area (Å²) in [6, 6.07) is 11.0. The van der Waals surface area contributed by atoms with Crippen molar-refractivity contribution in [3.8, 4) is 0 Å². The number of carbonyl (C=O) groups excluding carboxylic acids is 1. The molecule has 1 atom stereocenters. The van der Waals surface area contributed by atoms with Crippen LogP contribution in [0.1, 0.15) is 12.7 Å². The van der Waals surface area contributed by atoms with Crippen LogP contribution in [0.5, 0.6) is 0 Å². The van der Waals surface area contributed by atoms with Crippen molar-refractivity contribution in [1.82, 2.24) is 9.80 Å². The normalized spacial score (nSPS) is 17.6. The van der Waals surface area contributed by atoms with Crippen LogP contribution in [0.2, 0.25) is 5.02 Å². The Kier molecular flexibility index (Phi) is 5.56. The van der Waals surface area contributed by atoms with E-state index in [1.807, 2.05) is 31.2 Å². The molecule has 24 heavy (non-hydrogen) atoms. The summed E-state index contributed by atoms with van der Waals surface area (Å²) in [6.07, 6.45) is 1.70. The highest BCUT2D eigenvalue weighted by atomic mass is 35.5. The van der Waals surface area contributed by atoms with Gasteiger partial charge in [-0.05, 0) is 37.3 Å². The number of amides is 1. The molecule has 0 spiro atoms. The maximum atomic E-state index is 12.4. The van der Waals surface area contributed by atoms with Crippen LogP contribution in [-0.2, 0) is 11.3 Å². The molecule has 128 valence electrons. The van der Waals surface area contributed by atoms with Crippen molar-refractivity contribution in [3.05, 3.63) is 53.4 Å². The summed E-state index contributed by atoms with van der Waals surface area (Å²) in [5.74, 6) is 0.979. The van der Waals surface area contributed by atoms with E-state index in [4.69, 9.17) is 16.0 Å². The van der Waals surface area contributed by atoms with Crippen molar-refractivity contribution in [3.63, 3.8) is 0 Å². The molecule has 1 aliphatic rings. The van der Waals surface area contributed by atoms with E-state index in [1.165, 1.54) is 0 Å². The van der Waals surface area contributed by atoms with Crippen molar-refractivity contribution in [1.29, 1.82) is 0 Å². The number of nitrogens with zero attached hydrogens (tertiary/aromatic N) is 2. The number of rotatable bonds is 5. The molecule has 1 aromatic heterocycles. The Morgan fingerprint density at radius 1 is 1.25 bits per heavy atom. The molecule has 1 fully saturated rings. The van der Waals surface area contributed by atoms with E-state index in [-0.39, 0.29) is 11.9 Å². The molecule has 1 saturated heterocycles. The highest BCUT2D eigenvalue weighted by Gasteiger charge is 2.25. The second kappa shape index (κ2) is 7.83. The molecule has 0 saturated carbocycles. The number of anilines is 1. The zero-order valence-electron chi connectivity index (χ0n) is 13.7. The molecular weight excluding hydrogens is 326 g/mol. The molecule has 1 aromatic carbocycles. The minimum atomic E-state index is -0.172. The van der Waals surface area contributed by atoms with Crippen LogP contribution in [0.4, 0.5) is 5.69 Å². The summed E-state index contributed by atoms with van der Waals surface area (Å²) in [7, 11) is 0. The van der Waals surface area contributed by atoms with E-state index >= 15 is 0 Å². The lowest BCUT2D eigenvalue weighted by Crippen LogP contribution is -2.52. The van der Waals surface area contributed by atoms with E-state index in [9.17, 15) is 4.79 Å². The maximum Gasteiger partial charge on any atom is 0.241 e. The minimum absolute atomic E-state index is 0.00301. The van der Waals surface area contributed by atoms with Crippen LogP contribution in [0.25, 0.3) is 0 Å². The van der Waals surface area contributed by atoms with E-state index < -0.39 is 0 Å². The molecule has 0 unspecified atom stereocenters. The molecule has 6 heteroatoms. The zero-order chi connectivity index (χ0) is 16.9. The fraction of sp³-hybridized carbons (Fsp3) is 0.389. The summed E-state index contributed by atoms with van der Waals surface area (Å²) in [5, 5.41) is 3.55. The predicted molar refractivity (Wildman–Crippen MR) is 95.1 cm³/mol. The Labute approximate surface area is 147 Å². The van der Waals surface area contributed by atoms with Crippen LogP contribution in [0.3, 0.4) is 0 Å². The van der Waals surface area contributed by atoms with Crippen molar-refractivity contribution in [2.45, 2.75) is 19.5 Å². The molecular formula is C18H22ClN3O2. The predicted octanol–water partition coefficient (Wildman–Crippen LogP) is 3.08. The van der Waals surface area contributed by atoms with Gasteiger partial charge in [-0.25, -0.2) is 0 Å². The van der Waals surface area contributed by atoms with Gasteiger partial charge in [-0.3, -0.25) is 14.6 Å². The quantitative estimate of drug-likeness (QED) is 0.903. The summed E-state index contributed by atoms with van der Waals surface area (Å²) in [5.41, 5.74) is 0.732. The van der Waals surface area contributed by atoms with E-state index in [0.29, 0.717) is 5.02 Å². The fourth-order valence-corrected chi connectivity index (χ4v) is 3.10. The zero-order valence-corrected chi connectivity index (χ0v) is 14.5. The summed E-state index contributed by atoms with van der Waals surface area (Å²) < 4.78 is 5.39. The first-order valence-corrected chi connectivity index (χ1v) is 8.55. The molecule has 1 amide bonds. The molecule has 0 aliphatic carbocycles. The third kappa shape index (κ3) is 4.38. The number of furan rings is 1. The Hall–Kier alpha value is -1.82. The third-order valence-corrected chi connectivity index (χ3v) is 4.62. The lowest BCUT2D eigenvalue weighted by molar-refractivity contribution is -0.121. The molecule has 2 aromatic rings. The molecule has 0 radical (unpaired) electrons. The molecule has 1 N–H and O–H groups in total. The summed E-state index contributed by atoms with van der Waals surface area (Å²) >= 11 is 5.96. The molecule has 5 nitrogen and oxygen atoms in total. The van der Waals surface area contributed by atoms with Crippen LogP contribution in [-0.4, -0.2) is 47.9 Å². The van der Waals surface area contributed by atoms with Gasteiger partial charge in [-0.2, -0.15) is 0 Å². The van der Waals surface area contributed by atoms with Gasteiger partial charge >= 0.3 is 0 Å². The first kappa shape index (κ1) is 17.0.